The summed E-state index contributed by atoms with van der Waals surface area (Å²) in [6, 6.07) is 13.5. The van der Waals surface area contributed by atoms with Gasteiger partial charge < -0.3 is 15.4 Å². The summed E-state index contributed by atoms with van der Waals surface area (Å²) in [4.78, 5) is 23.6. The fraction of sp³-hybridized carbons (Fsp3) is 0.300. The van der Waals surface area contributed by atoms with Gasteiger partial charge in [0.1, 0.15) is 11.6 Å². The molecule has 0 spiro atoms. The van der Waals surface area contributed by atoms with Crippen LogP contribution < -0.4 is 15.4 Å². The molecule has 0 saturated heterocycles. The summed E-state index contributed by atoms with van der Waals surface area (Å²) in [6.45, 7) is 2.95. The zero-order chi connectivity index (χ0) is 18.8. The maximum Gasteiger partial charge on any atom is 0.254 e. The molecule has 0 radical (unpaired) electrons. The fourth-order valence-electron chi connectivity index (χ4n) is 2.34. The third kappa shape index (κ3) is 6.20. The molecule has 2 aromatic carbocycles. The Kier molecular flexibility index (Phi) is 7.61. The van der Waals surface area contributed by atoms with E-state index in [4.69, 9.17) is 4.74 Å². The number of aryl methyl sites for hydroxylation is 1. The number of hydrogen-bond donors (Lipinski definition) is 2. The van der Waals surface area contributed by atoms with Gasteiger partial charge in [-0.1, -0.05) is 30.3 Å². The van der Waals surface area contributed by atoms with Gasteiger partial charge in [0.15, 0.2) is 0 Å². The number of amides is 2. The van der Waals surface area contributed by atoms with Gasteiger partial charge in [0.2, 0.25) is 5.91 Å². The minimum absolute atomic E-state index is 0.00724. The van der Waals surface area contributed by atoms with E-state index in [0.29, 0.717) is 19.4 Å². The van der Waals surface area contributed by atoms with Crippen LogP contribution in [0.2, 0.25) is 0 Å². The van der Waals surface area contributed by atoms with Crippen LogP contribution in [0.1, 0.15) is 28.8 Å². The molecule has 0 aliphatic heterocycles. The molecule has 0 unspecified atom stereocenters. The summed E-state index contributed by atoms with van der Waals surface area (Å²) in [5.41, 5.74) is 1.05. The number of carbonyl (C=O) groups excluding carboxylic acids is 2. The van der Waals surface area contributed by atoms with E-state index < -0.39 is 11.7 Å². The van der Waals surface area contributed by atoms with Crippen LogP contribution >= 0.6 is 0 Å². The van der Waals surface area contributed by atoms with Crippen LogP contribution in [0.15, 0.2) is 48.5 Å². The standard InChI is InChI=1S/C20H23FN2O3/c1-15-7-2-5-10-18(15)26-14-6-11-19(24)22-12-13-23-20(25)16-8-3-4-9-17(16)21/h2-5,7-10H,6,11-14H2,1H3,(H,22,24)(H,23,25). The molecule has 0 heterocycles. The minimum Gasteiger partial charge on any atom is -0.493 e. The average molecular weight is 358 g/mol. The van der Waals surface area contributed by atoms with Gasteiger partial charge in [-0.15, -0.1) is 0 Å². The van der Waals surface area contributed by atoms with Crippen molar-refractivity contribution in [3.63, 3.8) is 0 Å². The summed E-state index contributed by atoms with van der Waals surface area (Å²) >= 11 is 0. The summed E-state index contributed by atoms with van der Waals surface area (Å²) in [7, 11) is 0. The first kappa shape index (κ1) is 19.4. The molecule has 0 bridgehead atoms. The highest BCUT2D eigenvalue weighted by molar-refractivity contribution is 5.94. The van der Waals surface area contributed by atoms with Crippen LogP contribution in [0.25, 0.3) is 0 Å². The lowest BCUT2D eigenvalue weighted by Crippen LogP contribution is -2.35. The van der Waals surface area contributed by atoms with Crippen molar-refractivity contribution in [3.05, 3.63) is 65.5 Å². The van der Waals surface area contributed by atoms with Crippen molar-refractivity contribution in [1.29, 1.82) is 0 Å². The SMILES string of the molecule is Cc1ccccc1OCCCC(=O)NCCNC(=O)c1ccccc1F. The number of para-hydroxylation sites is 1. The number of hydrogen-bond acceptors (Lipinski definition) is 3. The number of carbonyl (C=O) groups is 2. The van der Waals surface area contributed by atoms with Crippen molar-refractivity contribution in [2.24, 2.45) is 0 Å². The highest BCUT2D eigenvalue weighted by atomic mass is 19.1. The molecule has 2 amide bonds. The molecular formula is C20H23FN2O3. The van der Waals surface area contributed by atoms with Crippen molar-refractivity contribution in [2.45, 2.75) is 19.8 Å². The molecule has 138 valence electrons. The largest absolute Gasteiger partial charge is 0.493 e. The summed E-state index contributed by atoms with van der Waals surface area (Å²) in [5, 5.41) is 5.28. The molecule has 6 heteroatoms. The second-order valence-electron chi connectivity index (χ2n) is 5.80. The van der Waals surface area contributed by atoms with E-state index in [9.17, 15) is 14.0 Å². The minimum atomic E-state index is -0.567. The van der Waals surface area contributed by atoms with Gasteiger partial charge >= 0.3 is 0 Å². The van der Waals surface area contributed by atoms with Gasteiger partial charge in [-0.25, -0.2) is 4.39 Å². The molecule has 0 atom stereocenters. The van der Waals surface area contributed by atoms with Crippen molar-refractivity contribution >= 4 is 11.8 Å². The molecule has 0 fully saturated rings. The second-order valence-corrected chi connectivity index (χ2v) is 5.80. The molecule has 0 aliphatic carbocycles. The van der Waals surface area contributed by atoms with E-state index >= 15 is 0 Å². The summed E-state index contributed by atoms with van der Waals surface area (Å²) < 4.78 is 19.1. The smallest absolute Gasteiger partial charge is 0.254 e. The van der Waals surface area contributed by atoms with Gasteiger partial charge in [0.25, 0.3) is 5.91 Å². The third-order valence-corrected chi connectivity index (χ3v) is 3.75. The molecule has 0 saturated carbocycles. The number of ether oxygens (including phenoxy) is 1. The highest BCUT2D eigenvalue weighted by Gasteiger charge is 2.09. The van der Waals surface area contributed by atoms with Gasteiger partial charge in [-0.3, -0.25) is 9.59 Å². The van der Waals surface area contributed by atoms with E-state index in [1.54, 1.807) is 6.07 Å². The monoisotopic (exact) mass is 358 g/mol. The lowest BCUT2D eigenvalue weighted by Gasteiger charge is -2.09. The Hall–Kier alpha value is -2.89. The van der Waals surface area contributed by atoms with Crippen LogP contribution in [0.5, 0.6) is 5.75 Å². The molecule has 26 heavy (non-hydrogen) atoms. The maximum atomic E-state index is 13.5. The van der Waals surface area contributed by atoms with E-state index in [1.807, 2.05) is 31.2 Å². The Morgan fingerprint density at radius 3 is 2.46 bits per heavy atom. The predicted molar refractivity (Wildman–Crippen MR) is 97.7 cm³/mol. The zero-order valence-corrected chi connectivity index (χ0v) is 14.8. The fourth-order valence-corrected chi connectivity index (χ4v) is 2.34. The predicted octanol–water partition coefficient (Wildman–Crippen LogP) is 2.84. The average Bonchev–Trinajstić information content (AvgIpc) is 2.64. The molecular weight excluding hydrogens is 335 g/mol. The van der Waals surface area contributed by atoms with Crippen molar-refractivity contribution in [2.75, 3.05) is 19.7 Å². The van der Waals surface area contributed by atoms with Crippen LogP contribution in [-0.2, 0) is 4.79 Å². The number of halogens is 1. The molecule has 5 nitrogen and oxygen atoms in total. The zero-order valence-electron chi connectivity index (χ0n) is 14.8. The Bertz CT molecular complexity index is 749. The van der Waals surface area contributed by atoms with E-state index in [0.717, 1.165) is 11.3 Å². The van der Waals surface area contributed by atoms with Gasteiger partial charge in [-0.05, 0) is 37.1 Å². The summed E-state index contributed by atoms with van der Waals surface area (Å²) in [5.74, 6) is -0.353. The molecule has 0 aromatic heterocycles. The van der Waals surface area contributed by atoms with Gasteiger partial charge in [0, 0.05) is 19.5 Å². The first-order valence-corrected chi connectivity index (χ1v) is 8.56. The van der Waals surface area contributed by atoms with Crippen LogP contribution in [-0.4, -0.2) is 31.5 Å². The number of rotatable bonds is 9. The van der Waals surface area contributed by atoms with Crippen LogP contribution in [0.3, 0.4) is 0 Å². The van der Waals surface area contributed by atoms with E-state index in [-0.39, 0.29) is 24.6 Å². The Labute approximate surface area is 152 Å². The molecule has 2 aromatic rings. The van der Waals surface area contributed by atoms with E-state index in [1.165, 1.54) is 18.2 Å². The van der Waals surface area contributed by atoms with Crippen LogP contribution in [0, 0.1) is 12.7 Å². The molecule has 2 rings (SSSR count). The molecule has 2 N–H and O–H groups in total. The van der Waals surface area contributed by atoms with Gasteiger partial charge in [-0.2, -0.15) is 0 Å². The highest BCUT2D eigenvalue weighted by Crippen LogP contribution is 2.16. The normalized spacial score (nSPS) is 10.2. The van der Waals surface area contributed by atoms with E-state index in [2.05, 4.69) is 10.6 Å². The lowest BCUT2D eigenvalue weighted by atomic mass is 10.2. The number of nitrogens with one attached hydrogen (secondary N) is 2. The van der Waals surface area contributed by atoms with Crippen molar-refractivity contribution < 1.29 is 18.7 Å². The first-order chi connectivity index (χ1) is 12.6. The van der Waals surface area contributed by atoms with Crippen LogP contribution in [0.4, 0.5) is 4.39 Å². The first-order valence-electron chi connectivity index (χ1n) is 8.56. The Balaban J connectivity index is 1.57. The van der Waals surface area contributed by atoms with Crippen molar-refractivity contribution in [3.8, 4) is 5.75 Å². The Morgan fingerprint density at radius 2 is 1.69 bits per heavy atom. The van der Waals surface area contributed by atoms with Gasteiger partial charge in [0.05, 0.1) is 12.2 Å². The lowest BCUT2D eigenvalue weighted by molar-refractivity contribution is -0.121. The quantitative estimate of drug-likeness (QED) is 0.678. The third-order valence-electron chi connectivity index (χ3n) is 3.75. The molecule has 0 aliphatic rings. The topological polar surface area (TPSA) is 67.4 Å². The second kappa shape index (κ2) is 10.2. The maximum absolute atomic E-state index is 13.5. The van der Waals surface area contributed by atoms with Crippen molar-refractivity contribution in [1.82, 2.24) is 10.6 Å². The number of benzene rings is 2. The Morgan fingerprint density at radius 1 is 1.00 bits per heavy atom. The summed E-state index contributed by atoms with van der Waals surface area (Å²) in [6.07, 6.45) is 0.939.